The summed E-state index contributed by atoms with van der Waals surface area (Å²) in [6.07, 6.45) is 0.772. The highest BCUT2D eigenvalue weighted by Crippen LogP contribution is 2.23. The van der Waals surface area contributed by atoms with Crippen LogP contribution in [0.2, 0.25) is 5.02 Å². The number of benzene rings is 1. The zero-order chi connectivity index (χ0) is 21.7. The van der Waals surface area contributed by atoms with E-state index in [1.165, 1.54) is 16.9 Å². The number of amides is 2. The fraction of sp³-hybridized carbons (Fsp3) is 0.381. The van der Waals surface area contributed by atoms with E-state index >= 15 is 0 Å². The maximum Gasteiger partial charge on any atom is 0.308 e. The second kappa shape index (κ2) is 10.3. The standard InChI is InChI=1S/C21H22Cl2N2O4S/c1-29-20(27)12-17-21(28)25(18(23)11-14-4-6-15(22)7-5-14)13-19(26)24(17)9-8-16-3-2-10-30-16/h2-7,10,17-18H,8-9,11-13H2,1H3. The Balaban J connectivity index is 1.75. The second-order valence-electron chi connectivity index (χ2n) is 6.94. The quantitative estimate of drug-likeness (QED) is 0.338. The molecule has 9 heteroatoms. The molecule has 1 saturated heterocycles. The van der Waals surface area contributed by atoms with Gasteiger partial charge in [0.25, 0.3) is 0 Å². The van der Waals surface area contributed by atoms with E-state index in [2.05, 4.69) is 0 Å². The Morgan fingerprint density at radius 1 is 1.27 bits per heavy atom. The van der Waals surface area contributed by atoms with E-state index in [4.69, 9.17) is 27.9 Å². The number of alkyl halides is 1. The number of rotatable bonds is 8. The van der Waals surface area contributed by atoms with Crippen LogP contribution in [0.1, 0.15) is 16.9 Å². The predicted molar refractivity (Wildman–Crippen MR) is 117 cm³/mol. The van der Waals surface area contributed by atoms with Crippen molar-refractivity contribution >= 4 is 52.3 Å². The van der Waals surface area contributed by atoms with Crippen LogP contribution in [-0.4, -0.2) is 59.3 Å². The van der Waals surface area contributed by atoms with E-state index in [9.17, 15) is 14.4 Å². The third-order valence-corrected chi connectivity index (χ3v) is 6.57. The largest absolute Gasteiger partial charge is 0.469 e. The molecule has 0 spiro atoms. The first-order valence-corrected chi connectivity index (χ1v) is 11.2. The molecule has 3 rings (SSSR count). The first-order valence-electron chi connectivity index (χ1n) is 9.46. The first-order chi connectivity index (χ1) is 14.4. The van der Waals surface area contributed by atoms with Crippen molar-refractivity contribution in [2.75, 3.05) is 20.2 Å². The van der Waals surface area contributed by atoms with Crippen LogP contribution in [0.4, 0.5) is 0 Å². The van der Waals surface area contributed by atoms with E-state index in [-0.39, 0.29) is 24.8 Å². The van der Waals surface area contributed by atoms with Gasteiger partial charge in [-0.1, -0.05) is 41.4 Å². The van der Waals surface area contributed by atoms with Gasteiger partial charge in [-0.25, -0.2) is 0 Å². The zero-order valence-corrected chi connectivity index (χ0v) is 18.8. The normalized spacial score (nSPS) is 17.9. The summed E-state index contributed by atoms with van der Waals surface area (Å²) >= 11 is 14.0. The molecule has 2 aromatic rings. The van der Waals surface area contributed by atoms with Crippen molar-refractivity contribution in [1.82, 2.24) is 9.80 Å². The van der Waals surface area contributed by atoms with Gasteiger partial charge in [0, 0.05) is 22.9 Å². The third-order valence-electron chi connectivity index (χ3n) is 4.99. The van der Waals surface area contributed by atoms with Gasteiger partial charge < -0.3 is 14.5 Å². The molecule has 1 aliphatic rings. The van der Waals surface area contributed by atoms with Gasteiger partial charge in [0.05, 0.1) is 13.5 Å². The summed E-state index contributed by atoms with van der Waals surface area (Å²) in [5, 5.41) is 2.56. The van der Waals surface area contributed by atoms with Crippen LogP contribution in [-0.2, 0) is 32.0 Å². The molecule has 2 amide bonds. The van der Waals surface area contributed by atoms with Crippen molar-refractivity contribution in [3.8, 4) is 0 Å². The van der Waals surface area contributed by atoms with E-state index in [0.717, 1.165) is 10.4 Å². The molecule has 0 radical (unpaired) electrons. The number of esters is 1. The van der Waals surface area contributed by atoms with Gasteiger partial charge in [0.15, 0.2) is 0 Å². The molecule has 6 nitrogen and oxygen atoms in total. The van der Waals surface area contributed by atoms with Gasteiger partial charge in [0.2, 0.25) is 11.8 Å². The van der Waals surface area contributed by atoms with Crippen molar-refractivity contribution in [3.05, 3.63) is 57.2 Å². The molecule has 2 unspecified atom stereocenters. The van der Waals surface area contributed by atoms with Crippen LogP contribution < -0.4 is 0 Å². The fourth-order valence-corrected chi connectivity index (χ4v) is 4.55. The average molecular weight is 469 g/mol. The van der Waals surface area contributed by atoms with Crippen LogP contribution >= 0.6 is 34.5 Å². The van der Waals surface area contributed by atoms with Crippen molar-refractivity contribution in [1.29, 1.82) is 0 Å². The molecule has 1 aromatic carbocycles. The smallest absolute Gasteiger partial charge is 0.308 e. The van der Waals surface area contributed by atoms with E-state index in [1.807, 2.05) is 29.6 Å². The number of thiophene rings is 1. The first kappa shape index (κ1) is 22.6. The number of halogens is 2. The van der Waals surface area contributed by atoms with Gasteiger partial charge in [-0.3, -0.25) is 14.4 Å². The molecule has 0 aliphatic carbocycles. The van der Waals surface area contributed by atoms with Crippen molar-refractivity contribution in [3.63, 3.8) is 0 Å². The molecule has 30 heavy (non-hydrogen) atoms. The van der Waals surface area contributed by atoms with Crippen molar-refractivity contribution in [2.45, 2.75) is 30.8 Å². The lowest BCUT2D eigenvalue weighted by molar-refractivity contribution is -0.160. The van der Waals surface area contributed by atoms with E-state index < -0.39 is 17.5 Å². The number of nitrogens with zero attached hydrogens (tertiary/aromatic N) is 2. The maximum atomic E-state index is 13.2. The van der Waals surface area contributed by atoms with Crippen LogP contribution in [0.3, 0.4) is 0 Å². The van der Waals surface area contributed by atoms with E-state index in [0.29, 0.717) is 24.4 Å². The number of methoxy groups -OCH3 is 1. The average Bonchev–Trinajstić information content (AvgIpc) is 3.25. The van der Waals surface area contributed by atoms with Gasteiger partial charge in [-0.05, 0) is 35.6 Å². The van der Waals surface area contributed by atoms with Gasteiger partial charge in [-0.15, -0.1) is 11.3 Å². The highest BCUT2D eigenvalue weighted by atomic mass is 35.5. The van der Waals surface area contributed by atoms with E-state index in [1.54, 1.807) is 23.5 Å². The van der Waals surface area contributed by atoms with Gasteiger partial charge in [0.1, 0.15) is 18.1 Å². The Morgan fingerprint density at radius 3 is 2.63 bits per heavy atom. The number of hydrogen-bond acceptors (Lipinski definition) is 5. The predicted octanol–water partition coefficient (Wildman–Crippen LogP) is 3.35. The molecule has 0 saturated carbocycles. The molecular weight excluding hydrogens is 447 g/mol. The van der Waals surface area contributed by atoms with Crippen LogP contribution in [0.5, 0.6) is 0 Å². The van der Waals surface area contributed by atoms with Gasteiger partial charge in [-0.2, -0.15) is 0 Å². The number of carbonyl (C=O) groups excluding carboxylic acids is 3. The number of hydrogen-bond donors (Lipinski definition) is 0. The van der Waals surface area contributed by atoms with Crippen LogP contribution in [0.15, 0.2) is 41.8 Å². The highest BCUT2D eigenvalue weighted by Gasteiger charge is 2.42. The Morgan fingerprint density at radius 2 is 2.00 bits per heavy atom. The Hall–Kier alpha value is -2.09. The van der Waals surface area contributed by atoms with Gasteiger partial charge >= 0.3 is 5.97 Å². The van der Waals surface area contributed by atoms with Crippen LogP contribution in [0.25, 0.3) is 0 Å². The molecule has 1 aromatic heterocycles. The molecular formula is C21H22Cl2N2O4S. The molecule has 0 bridgehead atoms. The lowest BCUT2D eigenvalue weighted by Crippen LogP contribution is -2.62. The summed E-state index contributed by atoms with van der Waals surface area (Å²) in [6.45, 7) is 0.230. The lowest BCUT2D eigenvalue weighted by atomic mass is 10.0. The molecule has 0 N–H and O–H groups in total. The molecule has 160 valence electrons. The number of carbonyl (C=O) groups is 3. The minimum Gasteiger partial charge on any atom is -0.469 e. The van der Waals surface area contributed by atoms with Crippen molar-refractivity contribution in [2.24, 2.45) is 0 Å². The summed E-state index contributed by atoms with van der Waals surface area (Å²) in [5.74, 6) is -1.13. The topological polar surface area (TPSA) is 66.9 Å². The second-order valence-corrected chi connectivity index (χ2v) is 8.92. The summed E-state index contributed by atoms with van der Waals surface area (Å²) in [5.41, 5.74) is 0.173. The third kappa shape index (κ3) is 5.53. The minimum atomic E-state index is -0.926. The summed E-state index contributed by atoms with van der Waals surface area (Å²) in [7, 11) is 1.26. The molecule has 1 fully saturated rings. The molecule has 1 aliphatic heterocycles. The number of ether oxygens (including phenoxy) is 1. The molecule has 2 heterocycles. The minimum absolute atomic E-state index is 0.122. The monoisotopic (exact) mass is 468 g/mol. The summed E-state index contributed by atoms with van der Waals surface area (Å²) in [4.78, 5) is 42.0. The van der Waals surface area contributed by atoms with Crippen molar-refractivity contribution < 1.29 is 19.1 Å². The zero-order valence-electron chi connectivity index (χ0n) is 16.4. The Bertz CT molecular complexity index is 889. The highest BCUT2D eigenvalue weighted by molar-refractivity contribution is 7.09. The van der Waals surface area contributed by atoms with Crippen LogP contribution in [0, 0.1) is 0 Å². The summed E-state index contributed by atoms with van der Waals surface area (Å²) in [6, 6.07) is 10.1. The fourth-order valence-electron chi connectivity index (χ4n) is 3.38. The SMILES string of the molecule is COC(=O)CC1C(=O)N(C(Cl)Cc2ccc(Cl)cc2)CC(=O)N1CCc1cccs1. The Kier molecular flexibility index (Phi) is 7.75. The molecule has 2 atom stereocenters. The maximum absolute atomic E-state index is 13.2. The Labute approximate surface area is 189 Å². The summed E-state index contributed by atoms with van der Waals surface area (Å²) < 4.78 is 4.75. The lowest BCUT2D eigenvalue weighted by Gasteiger charge is -2.41. The number of piperazine rings is 1.